The molecule has 0 amide bonds. The van der Waals surface area contributed by atoms with Gasteiger partial charge in [0, 0.05) is 0 Å². The minimum Gasteiger partial charge on any atom is -0.322 e. The molecule has 46 valence electrons. The van der Waals surface area contributed by atoms with E-state index in [-0.39, 0.29) is 11.9 Å². The van der Waals surface area contributed by atoms with Crippen molar-refractivity contribution in [1.29, 1.82) is 0 Å². The maximum absolute atomic E-state index is 12.5. The number of nitrogens with two attached hydrogens (primary N) is 1. The predicted octanol–water partition coefficient (Wildman–Crippen LogP) is 1.35. The molecule has 1 aliphatic rings. The number of allylic oxidation sites excluding steroid dienone is 1. The van der Waals surface area contributed by atoms with Crippen LogP contribution < -0.4 is 5.73 Å². The average molecular weight is 115 g/mol. The summed E-state index contributed by atoms with van der Waals surface area (Å²) in [5, 5.41) is 0. The molecule has 1 atom stereocenters. The molecule has 0 spiro atoms. The van der Waals surface area contributed by atoms with Crippen molar-refractivity contribution in [2.75, 3.05) is 0 Å². The van der Waals surface area contributed by atoms with Crippen LogP contribution in [0.25, 0.3) is 0 Å². The highest BCUT2D eigenvalue weighted by Gasteiger charge is 2.18. The molecule has 0 aliphatic heterocycles. The fourth-order valence-electron chi connectivity index (χ4n) is 0.935. The van der Waals surface area contributed by atoms with Crippen LogP contribution in [-0.2, 0) is 0 Å². The fourth-order valence-corrected chi connectivity index (χ4v) is 0.935. The van der Waals surface area contributed by atoms with E-state index in [1.165, 1.54) is 0 Å². The summed E-state index contributed by atoms with van der Waals surface area (Å²) in [5.41, 5.74) is 6.17. The molecule has 0 heterocycles. The van der Waals surface area contributed by atoms with Gasteiger partial charge in [-0.05, 0) is 25.3 Å². The van der Waals surface area contributed by atoms with E-state index in [9.17, 15) is 4.39 Å². The molecular formula is C6H10FN. The SMILES string of the molecule is CC1=C(F)C(N)CC1. The molecule has 1 aliphatic carbocycles. The van der Waals surface area contributed by atoms with Gasteiger partial charge in [0.1, 0.15) is 5.83 Å². The number of hydrogen-bond donors (Lipinski definition) is 1. The van der Waals surface area contributed by atoms with Crippen molar-refractivity contribution < 1.29 is 4.39 Å². The monoisotopic (exact) mass is 115 g/mol. The number of rotatable bonds is 0. The molecule has 2 heteroatoms. The predicted molar refractivity (Wildman–Crippen MR) is 31.0 cm³/mol. The summed E-state index contributed by atoms with van der Waals surface area (Å²) in [6.45, 7) is 1.79. The molecule has 0 fully saturated rings. The highest BCUT2D eigenvalue weighted by molar-refractivity contribution is 5.17. The summed E-state index contributed by atoms with van der Waals surface area (Å²) in [5.74, 6) is -0.0926. The van der Waals surface area contributed by atoms with Crippen molar-refractivity contribution in [3.8, 4) is 0 Å². The Balaban J connectivity index is 2.71. The van der Waals surface area contributed by atoms with Crippen LogP contribution in [0.15, 0.2) is 11.4 Å². The summed E-state index contributed by atoms with van der Waals surface area (Å²) in [6.07, 6.45) is 1.63. The average Bonchev–Trinajstić information content (AvgIpc) is 1.98. The molecule has 2 N–H and O–H groups in total. The summed E-state index contributed by atoms with van der Waals surface area (Å²) < 4.78 is 12.5. The molecule has 1 unspecified atom stereocenters. The number of halogens is 1. The largest absolute Gasteiger partial charge is 0.322 e. The molecule has 0 saturated carbocycles. The van der Waals surface area contributed by atoms with Gasteiger partial charge >= 0.3 is 0 Å². The van der Waals surface area contributed by atoms with Gasteiger partial charge in [-0.2, -0.15) is 0 Å². The van der Waals surface area contributed by atoms with Crippen LogP contribution in [0.2, 0.25) is 0 Å². The Hall–Kier alpha value is -0.370. The minimum atomic E-state index is -0.296. The maximum atomic E-state index is 12.5. The van der Waals surface area contributed by atoms with Crippen molar-refractivity contribution in [2.45, 2.75) is 25.8 Å². The van der Waals surface area contributed by atoms with Gasteiger partial charge in [0.15, 0.2) is 0 Å². The highest BCUT2D eigenvalue weighted by Crippen LogP contribution is 2.24. The van der Waals surface area contributed by atoms with Crippen LogP contribution in [0.3, 0.4) is 0 Å². The third-order valence-corrected chi connectivity index (χ3v) is 1.56. The van der Waals surface area contributed by atoms with Crippen LogP contribution >= 0.6 is 0 Å². The van der Waals surface area contributed by atoms with E-state index < -0.39 is 0 Å². The third-order valence-electron chi connectivity index (χ3n) is 1.56. The number of hydrogen-bond acceptors (Lipinski definition) is 1. The van der Waals surface area contributed by atoms with E-state index in [1.807, 2.05) is 0 Å². The van der Waals surface area contributed by atoms with Gasteiger partial charge in [0.25, 0.3) is 0 Å². The Morgan fingerprint density at radius 1 is 1.75 bits per heavy atom. The van der Waals surface area contributed by atoms with Crippen molar-refractivity contribution in [1.82, 2.24) is 0 Å². The molecule has 0 radical (unpaired) electrons. The van der Waals surface area contributed by atoms with E-state index in [0.29, 0.717) is 0 Å². The summed E-state index contributed by atoms with van der Waals surface area (Å²) in [6, 6.07) is -0.296. The second kappa shape index (κ2) is 1.86. The zero-order valence-electron chi connectivity index (χ0n) is 4.95. The van der Waals surface area contributed by atoms with Gasteiger partial charge in [-0.3, -0.25) is 0 Å². The zero-order valence-corrected chi connectivity index (χ0v) is 4.95. The quantitative estimate of drug-likeness (QED) is 0.506. The smallest absolute Gasteiger partial charge is 0.116 e. The lowest BCUT2D eigenvalue weighted by Gasteiger charge is -1.96. The van der Waals surface area contributed by atoms with E-state index in [0.717, 1.165) is 18.4 Å². The van der Waals surface area contributed by atoms with Gasteiger partial charge in [-0.25, -0.2) is 4.39 Å². The van der Waals surface area contributed by atoms with Gasteiger partial charge in [-0.15, -0.1) is 0 Å². The molecule has 1 rings (SSSR count). The first-order valence-electron chi connectivity index (χ1n) is 2.82. The van der Waals surface area contributed by atoms with Gasteiger partial charge < -0.3 is 5.73 Å². The van der Waals surface area contributed by atoms with Crippen LogP contribution in [0.4, 0.5) is 4.39 Å². The maximum Gasteiger partial charge on any atom is 0.116 e. The lowest BCUT2D eigenvalue weighted by molar-refractivity contribution is 0.551. The summed E-state index contributed by atoms with van der Waals surface area (Å²) in [4.78, 5) is 0. The Morgan fingerprint density at radius 3 is 2.50 bits per heavy atom. The summed E-state index contributed by atoms with van der Waals surface area (Å²) >= 11 is 0. The molecule has 8 heavy (non-hydrogen) atoms. The lowest BCUT2D eigenvalue weighted by Crippen LogP contribution is -2.16. The van der Waals surface area contributed by atoms with Crippen molar-refractivity contribution >= 4 is 0 Å². The van der Waals surface area contributed by atoms with Crippen molar-refractivity contribution in [2.24, 2.45) is 5.73 Å². The van der Waals surface area contributed by atoms with E-state index in [4.69, 9.17) is 5.73 Å². The molecule has 0 bridgehead atoms. The Labute approximate surface area is 48.4 Å². The standard InChI is InChI=1S/C6H10FN/c1-4-2-3-5(8)6(4)7/h5H,2-3,8H2,1H3. The lowest BCUT2D eigenvalue weighted by atomic mass is 10.3. The molecule has 1 nitrogen and oxygen atoms in total. The Kier molecular flexibility index (Phi) is 1.34. The first kappa shape index (κ1) is 5.76. The molecule has 0 aromatic rings. The van der Waals surface area contributed by atoms with Gasteiger partial charge in [-0.1, -0.05) is 0 Å². The zero-order chi connectivity index (χ0) is 6.15. The van der Waals surface area contributed by atoms with Crippen molar-refractivity contribution in [3.63, 3.8) is 0 Å². The third kappa shape index (κ3) is 0.757. The van der Waals surface area contributed by atoms with Crippen LogP contribution in [0, 0.1) is 0 Å². The summed E-state index contributed by atoms with van der Waals surface area (Å²) in [7, 11) is 0. The first-order valence-corrected chi connectivity index (χ1v) is 2.82. The topological polar surface area (TPSA) is 26.0 Å². The second-order valence-electron chi connectivity index (χ2n) is 2.27. The highest BCUT2D eigenvalue weighted by atomic mass is 19.1. The molecule has 0 saturated heterocycles. The Bertz CT molecular complexity index is 128. The van der Waals surface area contributed by atoms with Crippen molar-refractivity contribution in [3.05, 3.63) is 11.4 Å². The van der Waals surface area contributed by atoms with Crippen LogP contribution in [0.5, 0.6) is 0 Å². The fraction of sp³-hybridized carbons (Fsp3) is 0.667. The van der Waals surface area contributed by atoms with E-state index in [2.05, 4.69) is 0 Å². The molecule has 0 aromatic heterocycles. The first-order chi connectivity index (χ1) is 3.72. The van der Waals surface area contributed by atoms with Gasteiger partial charge in [0.05, 0.1) is 6.04 Å². The minimum absolute atomic E-state index is 0.0926. The van der Waals surface area contributed by atoms with E-state index >= 15 is 0 Å². The second-order valence-corrected chi connectivity index (χ2v) is 2.27. The molecular weight excluding hydrogens is 105 g/mol. The molecule has 0 aromatic carbocycles. The van der Waals surface area contributed by atoms with Crippen LogP contribution in [-0.4, -0.2) is 6.04 Å². The van der Waals surface area contributed by atoms with Gasteiger partial charge in [0.2, 0.25) is 0 Å². The Morgan fingerprint density at radius 2 is 2.38 bits per heavy atom. The van der Waals surface area contributed by atoms with E-state index in [1.54, 1.807) is 6.92 Å². The normalized spacial score (nSPS) is 29.6. The van der Waals surface area contributed by atoms with Crippen LogP contribution in [0.1, 0.15) is 19.8 Å².